The summed E-state index contributed by atoms with van der Waals surface area (Å²) in [5.41, 5.74) is 8.41. The molecule has 3 heterocycles. The number of amides is 2. The number of aromatic nitrogens is 3. The van der Waals surface area contributed by atoms with Crippen molar-refractivity contribution in [3.05, 3.63) is 42.4 Å². The van der Waals surface area contributed by atoms with Crippen molar-refractivity contribution in [1.29, 1.82) is 0 Å². The van der Waals surface area contributed by atoms with Gasteiger partial charge < -0.3 is 35.7 Å². The number of hydrogen-bond acceptors (Lipinski definition) is 11. The number of nitrogens with one attached hydrogen (secondary N) is 3. The van der Waals surface area contributed by atoms with E-state index in [4.69, 9.17) is 26.0 Å². The maximum Gasteiger partial charge on any atom is 0.320 e. The lowest BCUT2D eigenvalue weighted by molar-refractivity contribution is 0.175. The number of nitrogens with two attached hydrogens (primary N) is 2. The zero-order valence-electron chi connectivity index (χ0n) is 27.3. The first-order valence-electron chi connectivity index (χ1n) is 15.3. The average molecular weight is 621 g/mol. The molecule has 0 spiro atoms. The lowest BCUT2D eigenvalue weighted by atomic mass is 9.98. The van der Waals surface area contributed by atoms with Crippen LogP contribution in [0.1, 0.15) is 46.5 Å². The van der Waals surface area contributed by atoms with Gasteiger partial charge in [-0.1, -0.05) is 0 Å². The van der Waals surface area contributed by atoms with Crippen molar-refractivity contribution >= 4 is 28.8 Å². The number of likely N-dealkylation sites (tertiary alicyclic amines) is 1. The first-order valence-corrected chi connectivity index (χ1v) is 15.3. The molecule has 2 amide bonds. The van der Waals surface area contributed by atoms with Crippen LogP contribution in [0.5, 0.6) is 11.5 Å². The number of fused-ring (bicyclic) bond motifs is 1. The van der Waals surface area contributed by atoms with E-state index in [9.17, 15) is 4.79 Å². The van der Waals surface area contributed by atoms with Crippen LogP contribution >= 0.6 is 0 Å². The quantitative estimate of drug-likeness (QED) is 0.112. The lowest BCUT2D eigenvalue weighted by Gasteiger charge is -2.31. The summed E-state index contributed by atoms with van der Waals surface area (Å²) in [4.78, 5) is 29.1. The Labute approximate surface area is 265 Å². The van der Waals surface area contributed by atoms with Gasteiger partial charge in [-0.25, -0.2) is 20.6 Å². The number of rotatable bonds is 12. The van der Waals surface area contributed by atoms with Crippen LogP contribution in [0, 0.1) is 5.92 Å². The van der Waals surface area contributed by atoms with Crippen LogP contribution in [0.2, 0.25) is 0 Å². The van der Waals surface area contributed by atoms with Gasteiger partial charge in [-0.05, 0) is 89.7 Å². The summed E-state index contributed by atoms with van der Waals surface area (Å²) in [5, 5.41) is 11.5. The molecule has 13 heteroatoms. The van der Waals surface area contributed by atoms with Crippen molar-refractivity contribution < 1.29 is 14.3 Å². The number of ether oxygens (including phenoxy) is 2. The molecule has 0 aliphatic carbocycles. The van der Waals surface area contributed by atoms with E-state index in [1.165, 1.54) is 12.8 Å². The van der Waals surface area contributed by atoms with Gasteiger partial charge in [0.25, 0.3) is 0 Å². The second kappa shape index (κ2) is 15.1. The van der Waals surface area contributed by atoms with E-state index in [0.29, 0.717) is 58.7 Å². The third kappa shape index (κ3) is 10.1. The number of anilines is 2. The van der Waals surface area contributed by atoms with E-state index in [2.05, 4.69) is 37.9 Å². The van der Waals surface area contributed by atoms with Gasteiger partial charge >= 0.3 is 6.03 Å². The molecule has 244 valence electrons. The molecule has 0 radical (unpaired) electrons. The number of methoxy groups -OCH3 is 2. The van der Waals surface area contributed by atoms with Crippen LogP contribution in [-0.2, 0) is 0 Å². The number of hydrogen-bond donors (Lipinski definition) is 5. The summed E-state index contributed by atoms with van der Waals surface area (Å²) in [6.07, 6.45) is 7.39. The Morgan fingerprint density at radius 2 is 1.89 bits per heavy atom. The normalized spacial score (nSPS) is 15.9. The van der Waals surface area contributed by atoms with Crippen LogP contribution in [0.15, 0.2) is 42.4 Å². The third-order valence-electron chi connectivity index (χ3n) is 7.40. The highest BCUT2D eigenvalue weighted by atomic mass is 16.5. The lowest BCUT2D eigenvalue weighted by Crippen LogP contribution is -2.43. The zero-order valence-corrected chi connectivity index (χ0v) is 27.3. The Balaban J connectivity index is 1.46. The minimum atomic E-state index is -0.438. The van der Waals surface area contributed by atoms with Crippen LogP contribution < -0.4 is 37.0 Å². The van der Waals surface area contributed by atoms with E-state index in [1.54, 1.807) is 31.5 Å². The SMILES string of the molecule is COc1cc(OC)cc(-c2cc3cnc(NCCC/C(N)=C/N(N)CC4CCCN(C)C4)nc3nc2NC(=O)NC(C)(C)C)c1. The molecule has 13 nitrogen and oxygen atoms in total. The molecular formula is C32H48N10O3. The largest absolute Gasteiger partial charge is 0.497 e. The fourth-order valence-corrected chi connectivity index (χ4v) is 5.35. The number of pyridine rings is 1. The summed E-state index contributed by atoms with van der Waals surface area (Å²) in [6, 6.07) is 7.00. The van der Waals surface area contributed by atoms with Crippen molar-refractivity contribution in [2.75, 3.05) is 58.1 Å². The molecule has 1 aromatic carbocycles. The Hall–Kier alpha value is -4.36. The molecule has 7 N–H and O–H groups in total. The number of carbonyl (C=O) groups is 1. The van der Waals surface area contributed by atoms with Crippen molar-refractivity contribution in [3.63, 3.8) is 0 Å². The molecule has 1 atom stereocenters. The summed E-state index contributed by atoms with van der Waals surface area (Å²) in [6.45, 7) is 9.34. The van der Waals surface area contributed by atoms with Crippen molar-refractivity contribution in [3.8, 4) is 22.6 Å². The molecule has 3 aromatic rings. The van der Waals surface area contributed by atoms with E-state index in [0.717, 1.165) is 37.3 Å². The van der Waals surface area contributed by atoms with Gasteiger partial charge in [0.15, 0.2) is 5.65 Å². The van der Waals surface area contributed by atoms with Crippen LogP contribution in [0.4, 0.5) is 16.6 Å². The molecule has 1 aliphatic heterocycles. The summed E-state index contributed by atoms with van der Waals surface area (Å²) in [7, 11) is 5.33. The van der Waals surface area contributed by atoms with Crippen molar-refractivity contribution in [2.45, 2.75) is 52.0 Å². The maximum atomic E-state index is 12.9. The zero-order chi connectivity index (χ0) is 32.6. The summed E-state index contributed by atoms with van der Waals surface area (Å²) < 4.78 is 10.9. The van der Waals surface area contributed by atoms with Crippen LogP contribution in [0.3, 0.4) is 0 Å². The molecule has 4 rings (SSSR count). The number of hydrazine groups is 1. The number of carbonyl (C=O) groups excluding carboxylic acids is 1. The second-order valence-corrected chi connectivity index (χ2v) is 12.6. The fourth-order valence-electron chi connectivity index (χ4n) is 5.35. The van der Waals surface area contributed by atoms with Crippen molar-refractivity contribution in [2.24, 2.45) is 17.5 Å². The van der Waals surface area contributed by atoms with Gasteiger partial charge in [-0.2, -0.15) is 4.98 Å². The molecule has 1 unspecified atom stereocenters. The molecule has 1 saturated heterocycles. The van der Waals surface area contributed by atoms with Gasteiger partial charge in [0.1, 0.15) is 17.3 Å². The van der Waals surface area contributed by atoms with Crippen LogP contribution in [-0.4, -0.2) is 83.9 Å². The van der Waals surface area contributed by atoms with Gasteiger partial charge in [-0.3, -0.25) is 5.32 Å². The highest BCUT2D eigenvalue weighted by Gasteiger charge is 2.20. The summed E-state index contributed by atoms with van der Waals surface area (Å²) >= 11 is 0. The highest BCUT2D eigenvalue weighted by Crippen LogP contribution is 2.35. The highest BCUT2D eigenvalue weighted by molar-refractivity contribution is 5.96. The molecule has 1 fully saturated rings. The fraction of sp³-hybridized carbons (Fsp3) is 0.500. The molecule has 45 heavy (non-hydrogen) atoms. The predicted molar refractivity (Wildman–Crippen MR) is 179 cm³/mol. The first kappa shape index (κ1) is 33.5. The maximum absolute atomic E-state index is 12.9. The van der Waals surface area contributed by atoms with E-state index in [-0.39, 0.29) is 6.03 Å². The Morgan fingerprint density at radius 3 is 2.56 bits per heavy atom. The minimum Gasteiger partial charge on any atom is -0.497 e. The number of piperidine rings is 1. The van der Waals surface area contributed by atoms with Gasteiger partial charge in [0.2, 0.25) is 5.95 Å². The smallest absolute Gasteiger partial charge is 0.320 e. The van der Waals surface area contributed by atoms with Gasteiger partial charge in [0.05, 0.1) is 14.2 Å². The Kier molecular flexibility index (Phi) is 11.2. The van der Waals surface area contributed by atoms with Crippen molar-refractivity contribution in [1.82, 2.24) is 30.2 Å². The Bertz CT molecular complexity index is 1470. The number of allylic oxidation sites excluding steroid dienone is 1. The minimum absolute atomic E-state index is 0.341. The average Bonchev–Trinajstić information content (AvgIpc) is 2.97. The standard InChI is InChI=1S/C32H48N10O3/c1-32(2,3)40-31(43)39-29-27(22-13-25(44-5)16-26(14-22)45-6)15-23-17-36-30(38-28(23)37-29)35-11-7-10-24(33)20-42(34)19-21-9-8-12-41(4)18-21/h13-17,20-21H,7-12,18-19,33-34H2,1-6H3,(H3,35,36,37,38,39,40,43)/b24-20-. The predicted octanol–water partition coefficient (Wildman–Crippen LogP) is 4.14. The second-order valence-electron chi connectivity index (χ2n) is 12.6. The Morgan fingerprint density at radius 1 is 1.16 bits per heavy atom. The number of nitrogens with zero attached hydrogens (tertiary/aromatic N) is 5. The van der Waals surface area contributed by atoms with Gasteiger partial charge in [0, 0.05) is 60.3 Å². The number of benzene rings is 1. The molecule has 1 aliphatic rings. The molecular weight excluding hydrogens is 572 g/mol. The van der Waals surface area contributed by atoms with E-state index in [1.807, 2.05) is 45.2 Å². The monoisotopic (exact) mass is 620 g/mol. The van der Waals surface area contributed by atoms with Crippen LogP contribution in [0.25, 0.3) is 22.2 Å². The number of urea groups is 1. The molecule has 0 bridgehead atoms. The van der Waals surface area contributed by atoms with Gasteiger partial charge in [-0.15, -0.1) is 0 Å². The third-order valence-corrected chi connectivity index (χ3v) is 7.40. The van der Waals surface area contributed by atoms with E-state index < -0.39 is 5.54 Å². The van der Waals surface area contributed by atoms with E-state index >= 15 is 0 Å². The molecule has 2 aromatic heterocycles. The topological polar surface area (TPSA) is 169 Å². The summed E-state index contributed by atoms with van der Waals surface area (Å²) in [5.74, 6) is 8.76. The first-order chi connectivity index (χ1) is 21.4. The molecule has 0 saturated carbocycles.